The van der Waals surface area contributed by atoms with Gasteiger partial charge < -0.3 is 5.32 Å². The minimum absolute atomic E-state index is 0.101. The molecular weight excluding hydrogens is 273 g/mol. The molecule has 0 saturated heterocycles. The van der Waals surface area contributed by atoms with Crippen LogP contribution in [0.5, 0.6) is 0 Å². The van der Waals surface area contributed by atoms with Gasteiger partial charge in [-0.05, 0) is 23.6 Å². The van der Waals surface area contributed by atoms with Crippen LogP contribution in [0.2, 0.25) is 0 Å². The number of nitrogens with one attached hydrogen (secondary N) is 1. The van der Waals surface area contributed by atoms with Crippen molar-refractivity contribution >= 4 is 27.5 Å². The quantitative estimate of drug-likeness (QED) is 0.876. The Bertz CT molecular complexity index is 398. The zero-order valence-electron chi connectivity index (χ0n) is 9.60. The Balaban J connectivity index is 2.70. The molecule has 0 radical (unpaired) electrons. The number of rotatable bonds is 2. The first kappa shape index (κ1) is 13.2. The van der Waals surface area contributed by atoms with E-state index in [0.29, 0.717) is 10.9 Å². The van der Waals surface area contributed by atoms with Gasteiger partial charge in [-0.3, -0.25) is 4.79 Å². The first-order chi connectivity index (χ1) is 7.28. The summed E-state index contributed by atoms with van der Waals surface area (Å²) < 4.78 is 14.1. The molecule has 0 saturated carbocycles. The second-order valence-corrected chi connectivity index (χ2v) is 5.83. The normalized spacial score (nSPS) is 11.3. The molecule has 0 aliphatic heterocycles. The van der Waals surface area contributed by atoms with Crippen LogP contribution in [0.4, 0.5) is 10.1 Å². The second-order valence-electron chi connectivity index (χ2n) is 4.91. The van der Waals surface area contributed by atoms with Crippen LogP contribution >= 0.6 is 15.9 Å². The lowest BCUT2D eigenvalue weighted by molar-refractivity contribution is -0.117. The molecule has 0 bridgehead atoms. The van der Waals surface area contributed by atoms with Gasteiger partial charge in [0.1, 0.15) is 5.82 Å². The molecule has 0 aliphatic rings. The van der Waals surface area contributed by atoms with Gasteiger partial charge >= 0.3 is 0 Å². The third-order valence-corrected chi connectivity index (χ3v) is 2.39. The molecule has 1 N–H and O–H groups in total. The van der Waals surface area contributed by atoms with E-state index in [4.69, 9.17) is 0 Å². The fourth-order valence-electron chi connectivity index (χ4n) is 1.27. The smallest absolute Gasteiger partial charge is 0.224 e. The van der Waals surface area contributed by atoms with Crippen LogP contribution < -0.4 is 5.32 Å². The summed E-state index contributed by atoms with van der Waals surface area (Å²) >= 11 is 3.16. The summed E-state index contributed by atoms with van der Waals surface area (Å²) in [6, 6.07) is 4.56. The highest BCUT2D eigenvalue weighted by Crippen LogP contribution is 2.22. The van der Waals surface area contributed by atoms with Gasteiger partial charge in [0.15, 0.2) is 0 Å². The molecule has 0 aromatic heterocycles. The highest BCUT2D eigenvalue weighted by Gasteiger charge is 2.16. The maximum absolute atomic E-state index is 13.4. The van der Waals surface area contributed by atoms with Gasteiger partial charge in [-0.1, -0.05) is 36.7 Å². The number of amides is 1. The van der Waals surface area contributed by atoms with Crippen LogP contribution in [0, 0.1) is 11.2 Å². The molecule has 0 unspecified atom stereocenters. The number of hydrogen-bond acceptors (Lipinski definition) is 1. The highest BCUT2D eigenvalue weighted by molar-refractivity contribution is 9.10. The van der Waals surface area contributed by atoms with Crippen molar-refractivity contribution in [1.29, 1.82) is 0 Å². The van der Waals surface area contributed by atoms with E-state index in [9.17, 15) is 9.18 Å². The number of carbonyl (C=O) groups is 1. The minimum atomic E-state index is -0.434. The molecule has 0 spiro atoms. The second kappa shape index (κ2) is 4.95. The van der Waals surface area contributed by atoms with E-state index in [0.717, 1.165) is 0 Å². The van der Waals surface area contributed by atoms with Gasteiger partial charge in [0.05, 0.1) is 5.69 Å². The monoisotopic (exact) mass is 287 g/mol. The van der Waals surface area contributed by atoms with Crippen LogP contribution in [0.3, 0.4) is 0 Å². The van der Waals surface area contributed by atoms with Gasteiger partial charge in [-0.15, -0.1) is 0 Å². The van der Waals surface area contributed by atoms with Crippen molar-refractivity contribution < 1.29 is 9.18 Å². The van der Waals surface area contributed by atoms with Crippen molar-refractivity contribution in [3.05, 3.63) is 28.5 Å². The van der Waals surface area contributed by atoms with E-state index >= 15 is 0 Å². The Morgan fingerprint density at radius 1 is 1.44 bits per heavy atom. The fraction of sp³-hybridized carbons (Fsp3) is 0.417. The van der Waals surface area contributed by atoms with Crippen molar-refractivity contribution in [3.8, 4) is 0 Å². The lowest BCUT2D eigenvalue weighted by atomic mass is 9.92. The van der Waals surface area contributed by atoms with Crippen molar-refractivity contribution in [2.45, 2.75) is 27.2 Å². The van der Waals surface area contributed by atoms with Crippen molar-refractivity contribution in [2.75, 3.05) is 5.32 Å². The summed E-state index contributed by atoms with van der Waals surface area (Å²) in [5.41, 5.74) is 0.119. The Hall–Kier alpha value is -0.900. The molecular formula is C12H15BrFNO. The van der Waals surface area contributed by atoms with E-state index < -0.39 is 5.82 Å². The molecule has 16 heavy (non-hydrogen) atoms. The number of carbonyl (C=O) groups excluding carboxylic acids is 1. The van der Waals surface area contributed by atoms with E-state index in [-0.39, 0.29) is 17.0 Å². The molecule has 88 valence electrons. The van der Waals surface area contributed by atoms with Crippen LogP contribution in [0.25, 0.3) is 0 Å². The highest BCUT2D eigenvalue weighted by atomic mass is 79.9. The van der Waals surface area contributed by atoms with Crippen LogP contribution in [0.1, 0.15) is 27.2 Å². The molecule has 1 aromatic carbocycles. The summed E-state index contributed by atoms with van der Waals surface area (Å²) in [4.78, 5) is 11.6. The molecule has 1 rings (SSSR count). The summed E-state index contributed by atoms with van der Waals surface area (Å²) in [6.07, 6.45) is 0.364. The SMILES string of the molecule is CC(C)(C)CC(=O)Nc1ccc(Br)cc1F. The predicted octanol–water partition coefficient (Wildman–Crippen LogP) is 3.96. The maximum Gasteiger partial charge on any atom is 0.224 e. The van der Waals surface area contributed by atoms with Gasteiger partial charge in [0, 0.05) is 10.9 Å². The Morgan fingerprint density at radius 3 is 2.56 bits per heavy atom. The Labute approximate surface area is 103 Å². The number of hydrogen-bond donors (Lipinski definition) is 1. The molecule has 0 fully saturated rings. The zero-order chi connectivity index (χ0) is 12.3. The number of halogens is 2. The van der Waals surface area contributed by atoms with Crippen LogP contribution in [0.15, 0.2) is 22.7 Å². The van der Waals surface area contributed by atoms with Gasteiger partial charge in [-0.2, -0.15) is 0 Å². The van der Waals surface area contributed by atoms with Crippen molar-refractivity contribution in [2.24, 2.45) is 5.41 Å². The third-order valence-electron chi connectivity index (χ3n) is 1.90. The van der Waals surface area contributed by atoms with E-state index in [1.165, 1.54) is 6.07 Å². The van der Waals surface area contributed by atoms with Crippen molar-refractivity contribution in [1.82, 2.24) is 0 Å². The summed E-state index contributed by atoms with van der Waals surface area (Å²) in [7, 11) is 0. The fourth-order valence-corrected chi connectivity index (χ4v) is 1.60. The maximum atomic E-state index is 13.4. The first-order valence-electron chi connectivity index (χ1n) is 5.03. The molecule has 2 nitrogen and oxygen atoms in total. The standard InChI is InChI=1S/C12H15BrFNO/c1-12(2,3)7-11(16)15-10-5-4-8(13)6-9(10)14/h4-6H,7H2,1-3H3,(H,15,16). The lowest BCUT2D eigenvalue weighted by Crippen LogP contribution is -2.20. The van der Waals surface area contributed by atoms with E-state index in [1.54, 1.807) is 12.1 Å². The summed E-state index contributed by atoms with van der Waals surface area (Å²) in [5, 5.41) is 2.56. The van der Waals surface area contributed by atoms with E-state index in [2.05, 4.69) is 21.2 Å². The lowest BCUT2D eigenvalue weighted by Gasteiger charge is -2.17. The van der Waals surface area contributed by atoms with Gasteiger partial charge in [0.25, 0.3) is 0 Å². The topological polar surface area (TPSA) is 29.1 Å². The average Bonchev–Trinajstić information content (AvgIpc) is 2.06. The summed E-state index contributed by atoms with van der Waals surface area (Å²) in [5.74, 6) is -0.606. The van der Waals surface area contributed by atoms with Gasteiger partial charge in [0.2, 0.25) is 5.91 Å². The molecule has 1 aromatic rings. The molecule has 1 amide bonds. The number of anilines is 1. The van der Waals surface area contributed by atoms with Crippen molar-refractivity contribution in [3.63, 3.8) is 0 Å². The van der Waals surface area contributed by atoms with Crippen LogP contribution in [-0.4, -0.2) is 5.91 Å². The predicted molar refractivity (Wildman–Crippen MR) is 66.8 cm³/mol. The molecule has 0 heterocycles. The van der Waals surface area contributed by atoms with Crippen LogP contribution in [-0.2, 0) is 4.79 Å². The Morgan fingerprint density at radius 2 is 2.06 bits per heavy atom. The van der Waals surface area contributed by atoms with E-state index in [1.807, 2.05) is 20.8 Å². The molecule has 4 heteroatoms. The average molecular weight is 288 g/mol. The zero-order valence-corrected chi connectivity index (χ0v) is 11.2. The molecule has 0 aliphatic carbocycles. The number of benzene rings is 1. The first-order valence-corrected chi connectivity index (χ1v) is 5.82. The third kappa shape index (κ3) is 4.31. The largest absolute Gasteiger partial charge is 0.324 e. The Kier molecular flexibility index (Phi) is 4.08. The minimum Gasteiger partial charge on any atom is -0.324 e. The van der Waals surface area contributed by atoms with Gasteiger partial charge in [-0.25, -0.2) is 4.39 Å². The molecule has 0 atom stereocenters. The summed E-state index contributed by atoms with van der Waals surface area (Å²) in [6.45, 7) is 5.89.